The Balaban J connectivity index is 1.21. The van der Waals surface area contributed by atoms with Crippen molar-refractivity contribution < 1.29 is 14.3 Å². The molecule has 3 aliphatic heterocycles. The minimum absolute atomic E-state index is 0.121. The lowest BCUT2D eigenvalue weighted by Gasteiger charge is -2.35. The van der Waals surface area contributed by atoms with Crippen LogP contribution in [0.5, 0.6) is 5.88 Å². The van der Waals surface area contributed by atoms with Crippen molar-refractivity contribution in [3.63, 3.8) is 0 Å². The maximum atomic E-state index is 12.9. The first-order valence-corrected chi connectivity index (χ1v) is 15.0. The summed E-state index contributed by atoms with van der Waals surface area (Å²) in [7, 11) is 0. The van der Waals surface area contributed by atoms with Crippen molar-refractivity contribution in [1.82, 2.24) is 24.7 Å². The third-order valence-electron chi connectivity index (χ3n) is 8.08. The van der Waals surface area contributed by atoms with Gasteiger partial charge in [-0.2, -0.15) is 9.97 Å². The molecule has 0 radical (unpaired) electrons. The zero-order valence-electron chi connectivity index (χ0n) is 22.6. The highest BCUT2D eigenvalue weighted by atomic mass is 35.5. The van der Waals surface area contributed by atoms with E-state index in [0.29, 0.717) is 86.7 Å². The molecule has 1 saturated carbocycles. The number of piperazine rings is 1. The van der Waals surface area contributed by atoms with Crippen LogP contribution in [-0.2, 0) is 22.7 Å². The molecule has 3 fully saturated rings. The second-order valence-electron chi connectivity index (χ2n) is 11.0. The fourth-order valence-electron chi connectivity index (χ4n) is 5.53. The molecule has 40 heavy (non-hydrogen) atoms. The fraction of sp³-hybridized carbons (Fsp3) is 0.571. The number of rotatable bonds is 7. The first-order chi connectivity index (χ1) is 19.4. The second-order valence-corrected chi connectivity index (χ2v) is 11.8. The third kappa shape index (κ3) is 6.24. The van der Waals surface area contributed by atoms with Gasteiger partial charge in [-0.15, -0.1) is 0 Å². The molecule has 214 valence electrons. The highest BCUT2D eigenvalue weighted by Gasteiger charge is 2.36. The predicted octanol–water partition coefficient (Wildman–Crippen LogP) is 3.27. The summed E-state index contributed by atoms with van der Waals surface area (Å²) < 4.78 is 6.10. The Morgan fingerprint density at radius 3 is 2.48 bits per heavy atom. The summed E-state index contributed by atoms with van der Waals surface area (Å²) in [6.45, 7) is 6.75. The monoisotopic (exact) mass is 587 g/mol. The van der Waals surface area contributed by atoms with Gasteiger partial charge in [-0.25, -0.2) is 0 Å². The van der Waals surface area contributed by atoms with Gasteiger partial charge >= 0.3 is 0 Å². The molecular formula is C28H35Cl2N7O3. The van der Waals surface area contributed by atoms with Crippen molar-refractivity contribution in [3.8, 4) is 5.88 Å². The lowest BCUT2D eigenvalue weighted by atomic mass is 10.2. The van der Waals surface area contributed by atoms with Crippen LogP contribution in [0.3, 0.4) is 0 Å². The number of aromatic nitrogens is 2. The van der Waals surface area contributed by atoms with E-state index in [9.17, 15) is 9.59 Å². The number of anilines is 2. The molecule has 0 atom stereocenters. The van der Waals surface area contributed by atoms with Crippen LogP contribution in [0, 0.1) is 5.92 Å². The topological polar surface area (TPSA) is 94.1 Å². The number of carbonyl (C=O) groups is 2. The van der Waals surface area contributed by atoms with E-state index in [0.717, 1.165) is 37.1 Å². The molecule has 6 rings (SSSR count). The Morgan fingerprint density at radius 1 is 0.975 bits per heavy atom. The molecule has 10 nitrogen and oxygen atoms in total. The number of halogens is 2. The van der Waals surface area contributed by atoms with Gasteiger partial charge in [-0.05, 0) is 56.5 Å². The van der Waals surface area contributed by atoms with Crippen LogP contribution in [0.1, 0.15) is 36.8 Å². The van der Waals surface area contributed by atoms with E-state index in [4.69, 9.17) is 37.9 Å². The van der Waals surface area contributed by atoms with Gasteiger partial charge in [0.2, 0.25) is 23.6 Å². The maximum absolute atomic E-state index is 12.9. The van der Waals surface area contributed by atoms with Crippen molar-refractivity contribution in [3.05, 3.63) is 39.4 Å². The smallest absolute Gasteiger partial charge is 0.236 e. The number of nitrogens with one attached hydrogen (secondary N) is 1. The predicted molar refractivity (Wildman–Crippen MR) is 154 cm³/mol. The number of fused-ring (bicyclic) bond motifs is 1. The van der Waals surface area contributed by atoms with Crippen molar-refractivity contribution in [2.75, 3.05) is 69.2 Å². The molecule has 4 heterocycles. The fourth-order valence-corrected chi connectivity index (χ4v) is 6.01. The minimum Gasteiger partial charge on any atom is -0.475 e. The highest BCUT2D eigenvalue weighted by molar-refractivity contribution is 6.35. The van der Waals surface area contributed by atoms with Gasteiger partial charge in [0.25, 0.3) is 0 Å². The van der Waals surface area contributed by atoms with E-state index in [2.05, 4.69) is 15.1 Å². The Labute approximate surface area is 244 Å². The van der Waals surface area contributed by atoms with Gasteiger partial charge in [0.05, 0.1) is 25.2 Å². The second kappa shape index (κ2) is 12.0. The quantitative estimate of drug-likeness (QED) is 0.527. The number of amides is 2. The zero-order valence-corrected chi connectivity index (χ0v) is 24.1. The number of hydrogen-bond acceptors (Lipinski definition) is 8. The van der Waals surface area contributed by atoms with E-state index < -0.39 is 0 Å². The molecule has 2 saturated heterocycles. The molecule has 4 aliphatic rings. The average Bonchev–Trinajstić information content (AvgIpc) is 3.72. The van der Waals surface area contributed by atoms with Crippen LogP contribution in [-0.4, -0.2) is 95.4 Å². The first kappa shape index (κ1) is 27.4. The van der Waals surface area contributed by atoms with Gasteiger partial charge in [-0.3, -0.25) is 14.5 Å². The molecule has 1 aromatic carbocycles. The van der Waals surface area contributed by atoms with E-state index in [1.807, 2.05) is 15.9 Å². The standard InChI is InChI=1S/C28H35Cl2N7O3/c29-21-6-5-20(23(30)15-21)16-31-25-22-17-37(27(39)19-3-4-19)13-14-40-26(22)33-28(32-25)36-11-9-35(10-12-36)24(38)18-34-7-1-2-8-34/h5-6,15,19H,1-4,7-14,16-18H2,(H,31,32,33). The molecule has 12 heteroatoms. The van der Waals surface area contributed by atoms with Crippen LogP contribution in [0.2, 0.25) is 10.0 Å². The summed E-state index contributed by atoms with van der Waals surface area (Å²) in [5.74, 6) is 2.15. The van der Waals surface area contributed by atoms with Crippen LogP contribution in [0.4, 0.5) is 11.8 Å². The molecule has 1 N–H and O–H groups in total. The summed E-state index contributed by atoms with van der Waals surface area (Å²) in [6, 6.07) is 5.41. The van der Waals surface area contributed by atoms with Crippen LogP contribution < -0.4 is 15.0 Å². The van der Waals surface area contributed by atoms with E-state index >= 15 is 0 Å². The van der Waals surface area contributed by atoms with Gasteiger partial charge in [0.1, 0.15) is 12.4 Å². The zero-order chi connectivity index (χ0) is 27.6. The Morgan fingerprint density at radius 2 is 1.75 bits per heavy atom. The van der Waals surface area contributed by atoms with Crippen molar-refractivity contribution in [1.29, 1.82) is 0 Å². The van der Waals surface area contributed by atoms with Crippen LogP contribution in [0.15, 0.2) is 18.2 Å². The van der Waals surface area contributed by atoms with Crippen molar-refractivity contribution >= 4 is 46.8 Å². The van der Waals surface area contributed by atoms with E-state index in [-0.39, 0.29) is 17.7 Å². The van der Waals surface area contributed by atoms with E-state index in [1.165, 1.54) is 12.8 Å². The molecule has 0 spiro atoms. The summed E-state index contributed by atoms with van der Waals surface area (Å²) >= 11 is 12.5. The van der Waals surface area contributed by atoms with Crippen molar-refractivity contribution in [2.45, 2.75) is 38.8 Å². The van der Waals surface area contributed by atoms with Crippen molar-refractivity contribution in [2.24, 2.45) is 5.92 Å². The molecular weight excluding hydrogens is 553 g/mol. The van der Waals surface area contributed by atoms with Crippen LogP contribution in [0.25, 0.3) is 0 Å². The molecule has 2 aromatic rings. The lowest BCUT2D eigenvalue weighted by Crippen LogP contribution is -2.51. The summed E-state index contributed by atoms with van der Waals surface area (Å²) in [5, 5.41) is 4.58. The average molecular weight is 589 g/mol. The largest absolute Gasteiger partial charge is 0.475 e. The molecule has 2 amide bonds. The number of nitrogens with zero attached hydrogens (tertiary/aromatic N) is 6. The Hall–Kier alpha value is -2.82. The number of ether oxygens (including phenoxy) is 1. The minimum atomic E-state index is 0.121. The lowest BCUT2D eigenvalue weighted by molar-refractivity contribution is -0.133. The van der Waals surface area contributed by atoms with Gasteiger partial charge in [-0.1, -0.05) is 29.3 Å². The normalized spacial score (nSPS) is 19.7. The Bertz CT molecular complexity index is 1260. The molecule has 1 aliphatic carbocycles. The van der Waals surface area contributed by atoms with Gasteiger partial charge in [0, 0.05) is 48.7 Å². The molecule has 0 unspecified atom stereocenters. The SMILES string of the molecule is O=C(CN1CCCC1)N1CCN(c2nc(NCc3ccc(Cl)cc3Cl)c3c(n2)OCCN(C(=O)C2CC2)C3)CC1. The summed E-state index contributed by atoms with van der Waals surface area (Å²) in [5.41, 5.74) is 1.64. The summed E-state index contributed by atoms with van der Waals surface area (Å²) in [6.07, 6.45) is 4.24. The molecule has 1 aromatic heterocycles. The first-order valence-electron chi connectivity index (χ1n) is 14.2. The molecule has 0 bridgehead atoms. The van der Waals surface area contributed by atoms with Gasteiger partial charge in [0.15, 0.2) is 0 Å². The van der Waals surface area contributed by atoms with E-state index in [1.54, 1.807) is 12.1 Å². The maximum Gasteiger partial charge on any atom is 0.236 e. The summed E-state index contributed by atoms with van der Waals surface area (Å²) in [4.78, 5) is 43.7. The number of benzene rings is 1. The highest BCUT2D eigenvalue weighted by Crippen LogP contribution is 2.35. The number of carbonyl (C=O) groups excluding carboxylic acids is 2. The Kier molecular flexibility index (Phi) is 8.18. The van der Waals surface area contributed by atoms with Crippen LogP contribution >= 0.6 is 23.2 Å². The number of hydrogen-bond donors (Lipinski definition) is 1. The third-order valence-corrected chi connectivity index (χ3v) is 8.67. The van der Waals surface area contributed by atoms with Gasteiger partial charge < -0.3 is 24.8 Å². The number of likely N-dealkylation sites (tertiary alicyclic amines) is 1.